The van der Waals surface area contributed by atoms with E-state index in [1.165, 1.54) is 5.56 Å². The van der Waals surface area contributed by atoms with Crippen molar-refractivity contribution in [2.24, 2.45) is 0 Å². The van der Waals surface area contributed by atoms with Crippen LogP contribution in [0.5, 0.6) is 5.75 Å². The van der Waals surface area contributed by atoms with E-state index in [0.717, 1.165) is 44.5 Å². The highest BCUT2D eigenvalue weighted by atomic mass is 35.5. The summed E-state index contributed by atoms with van der Waals surface area (Å²) in [7, 11) is 1.64. The molecule has 1 saturated heterocycles. The van der Waals surface area contributed by atoms with Crippen molar-refractivity contribution in [1.29, 1.82) is 0 Å². The van der Waals surface area contributed by atoms with Crippen molar-refractivity contribution in [2.45, 2.75) is 64.2 Å². The van der Waals surface area contributed by atoms with E-state index in [-0.39, 0.29) is 30.5 Å². The third-order valence-electron chi connectivity index (χ3n) is 4.75. The van der Waals surface area contributed by atoms with Crippen LogP contribution >= 0.6 is 12.4 Å². The van der Waals surface area contributed by atoms with Gasteiger partial charge in [-0.05, 0) is 77.2 Å². The molecule has 148 valence electrons. The zero-order valence-corrected chi connectivity index (χ0v) is 17.2. The van der Waals surface area contributed by atoms with Gasteiger partial charge in [-0.1, -0.05) is 12.1 Å². The van der Waals surface area contributed by atoms with E-state index in [4.69, 9.17) is 9.47 Å². The van der Waals surface area contributed by atoms with Crippen LogP contribution in [0, 0.1) is 0 Å². The van der Waals surface area contributed by atoms with Gasteiger partial charge in [-0.3, -0.25) is 4.79 Å². The molecule has 5 nitrogen and oxygen atoms in total. The number of amides is 1. The SMILES string of the molecule is COC1(C(=O)NC(C)CCc2ccc(OC(C)C)cc2)CCNCC1.Cl. The molecule has 6 heteroatoms. The molecule has 0 spiro atoms. The standard InChI is InChI=1S/C20H32N2O3.ClH/c1-15(2)25-18-9-7-17(8-10-18)6-5-16(3)22-19(23)20(24-4)11-13-21-14-12-20;/h7-10,15-16,21H,5-6,11-14H2,1-4H3,(H,22,23);1H. The van der Waals surface area contributed by atoms with Gasteiger partial charge in [-0.25, -0.2) is 0 Å². The number of ether oxygens (including phenoxy) is 2. The van der Waals surface area contributed by atoms with Crippen molar-refractivity contribution < 1.29 is 14.3 Å². The monoisotopic (exact) mass is 384 g/mol. The predicted molar refractivity (Wildman–Crippen MR) is 107 cm³/mol. The quantitative estimate of drug-likeness (QED) is 0.723. The first-order valence-electron chi connectivity index (χ1n) is 9.27. The first-order valence-corrected chi connectivity index (χ1v) is 9.27. The van der Waals surface area contributed by atoms with Crippen LogP contribution in [0.2, 0.25) is 0 Å². The summed E-state index contributed by atoms with van der Waals surface area (Å²) in [5, 5.41) is 6.41. The molecule has 1 heterocycles. The molecule has 26 heavy (non-hydrogen) atoms. The Labute approximate surface area is 163 Å². The molecule has 2 N–H and O–H groups in total. The summed E-state index contributed by atoms with van der Waals surface area (Å²) in [6.45, 7) is 7.74. The second-order valence-corrected chi connectivity index (χ2v) is 7.17. The summed E-state index contributed by atoms with van der Waals surface area (Å²) >= 11 is 0. The van der Waals surface area contributed by atoms with Gasteiger partial charge in [0.15, 0.2) is 0 Å². The van der Waals surface area contributed by atoms with E-state index in [0.29, 0.717) is 0 Å². The minimum absolute atomic E-state index is 0. The summed E-state index contributed by atoms with van der Waals surface area (Å²) < 4.78 is 11.2. The fraction of sp³-hybridized carbons (Fsp3) is 0.650. The zero-order valence-electron chi connectivity index (χ0n) is 16.3. The van der Waals surface area contributed by atoms with E-state index < -0.39 is 5.60 Å². The Kier molecular flexibility index (Phi) is 9.41. The number of carbonyl (C=O) groups excluding carboxylic acids is 1. The van der Waals surface area contributed by atoms with E-state index in [2.05, 4.69) is 29.7 Å². The molecule has 0 aromatic heterocycles. The molecule has 1 amide bonds. The van der Waals surface area contributed by atoms with Gasteiger partial charge in [0, 0.05) is 13.2 Å². The minimum atomic E-state index is -0.671. The zero-order chi connectivity index (χ0) is 18.3. The van der Waals surface area contributed by atoms with Crippen LogP contribution in [0.15, 0.2) is 24.3 Å². The third-order valence-corrected chi connectivity index (χ3v) is 4.75. The maximum absolute atomic E-state index is 12.6. The van der Waals surface area contributed by atoms with Crippen LogP contribution in [0.3, 0.4) is 0 Å². The highest BCUT2D eigenvalue weighted by Gasteiger charge is 2.39. The number of benzene rings is 1. The van der Waals surface area contributed by atoms with Crippen LogP contribution < -0.4 is 15.4 Å². The Bertz CT molecular complexity index is 542. The topological polar surface area (TPSA) is 59.6 Å². The van der Waals surface area contributed by atoms with E-state index >= 15 is 0 Å². The first-order chi connectivity index (χ1) is 11.9. The average molecular weight is 385 g/mol. The number of hydrogen-bond donors (Lipinski definition) is 2. The van der Waals surface area contributed by atoms with Gasteiger partial charge in [0.05, 0.1) is 6.10 Å². The number of halogens is 1. The van der Waals surface area contributed by atoms with Crippen molar-refractivity contribution in [3.05, 3.63) is 29.8 Å². The molecule has 1 unspecified atom stereocenters. The fourth-order valence-corrected chi connectivity index (χ4v) is 3.17. The molecule has 0 saturated carbocycles. The minimum Gasteiger partial charge on any atom is -0.491 e. The van der Waals surface area contributed by atoms with Gasteiger partial charge >= 0.3 is 0 Å². The lowest BCUT2D eigenvalue weighted by molar-refractivity contribution is -0.147. The molecule has 1 aliphatic heterocycles. The number of methoxy groups -OCH3 is 1. The van der Waals surface area contributed by atoms with Gasteiger partial charge in [-0.15, -0.1) is 12.4 Å². The van der Waals surface area contributed by atoms with Crippen LogP contribution in [-0.4, -0.2) is 43.9 Å². The number of hydrogen-bond acceptors (Lipinski definition) is 4. The second-order valence-electron chi connectivity index (χ2n) is 7.17. The first kappa shape index (κ1) is 22.7. The lowest BCUT2D eigenvalue weighted by atomic mass is 9.90. The molecule has 1 aromatic carbocycles. The molecular weight excluding hydrogens is 352 g/mol. The van der Waals surface area contributed by atoms with Gasteiger partial charge in [0.2, 0.25) is 0 Å². The summed E-state index contributed by atoms with van der Waals surface area (Å²) in [5.74, 6) is 0.915. The maximum Gasteiger partial charge on any atom is 0.252 e. The molecule has 0 bridgehead atoms. The van der Waals surface area contributed by atoms with Crippen LogP contribution in [0.25, 0.3) is 0 Å². The number of carbonyl (C=O) groups is 1. The summed E-state index contributed by atoms with van der Waals surface area (Å²) in [6, 6.07) is 8.31. The van der Waals surface area contributed by atoms with E-state index in [9.17, 15) is 4.79 Å². The number of rotatable bonds is 8. The smallest absolute Gasteiger partial charge is 0.252 e. The van der Waals surface area contributed by atoms with Crippen molar-refractivity contribution >= 4 is 18.3 Å². The van der Waals surface area contributed by atoms with E-state index in [1.54, 1.807) is 7.11 Å². The fourth-order valence-electron chi connectivity index (χ4n) is 3.17. The van der Waals surface area contributed by atoms with Gasteiger partial charge in [0.1, 0.15) is 11.4 Å². The van der Waals surface area contributed by atoms with Gasteiger partial charge in [-0.2, -0.15) is 0 Å². The number of nitrogens with one attached hydrogen (secondary N) is 2. The summed E-state index contributed by atoms with van der Waals surface area (Å²) in [4.78, 5) is 12.6. The van der Waals surface area contributed by atoms with Crippen molar-refractivity contribution in [3.63, 3.8) is 0 Å². The molecule has 1 atom stereocenters. The lowest BCUT2D eigenvalue weighted by Crippen LogP contribution is -2.55. The second kappa shape index (κ2) is 10.8. The summed E-state index contributed by atoms with van der Waals surface area (Å²) in [6.07, 6.45) is 3.45. The maximum atomic E-state index is 12.6. The Hall–Kier alpha value is -1.30. The molecule has 0 aliphatic carbocycles. The van der Waals surface area contributed by atoms with Gasteiger partial charge in [0.25, 0.3) is 5.91 Å². The molecule has 2 rings (SSSR count). The Morgan fingerprint density at radius 3 is 2.35 bits per heavy atom. The highest BCUT2D eigenvalue weighted by Crippen LogP contribution is 2.23. The van der Waals surface area contributed by atoms with E-state index in [1.807, 2.05) is 26.0 Å². The Balaban J connectivity index is 0.00000338. The molecule has 0 radical (unpaired) electrons. The third kappa shape index (κ3) is 6.45. The number of aryl methyl sites for hydroxylation is 1. The lowest BCUT2D eigenvalue weighted by Gasteiger charge is -2.35. The summed E-state index contributed by atoms with van der Waals surface area (Å²) in [5.41, 5.74) is 0.579. The van der Waals surface area contributed by atoms with Crippen molar-refractivity contribution in [3.8, 4) is 5.75 Å². The predicted octanol–water partition coefficient (Wildman–Crippen LogP) is 3.10. The van der Waals surface area contributed by atoms with Crippen LogP contribution in [0.1, 0.15) is 45.6 Å². The Morgan fingerprint density at radius 1 is 1.19 bits per heavy atom. The molecule has 1 aromatic rings. The van der Waals surface area contributed by atoms with Crippen LogP contribution in [0.4, 0.5) is 0 Å². The van der Waals surface area contributed by atoms with Crippen molar-refractivity contribution in [2.75, 3.05) is 20.2 Å². The normalized spacial score (nSPS) is 17.3. The molecule has 1 aliphatic rings. The largest absolute Gasteiger partial charge is 0.491 e. The van der Waals surface area contributed by atoms with Gasteiger partial charge < -0.3 is 20.1 Å². The van der Waals surface area contributed by atoms with Crippen molar-refractivity contribution in [1.82, 2.24) is 10.6 Å². The molecular formula is C20H33ClN2O3. The highest BCUT2D eigenvalue weighted by molar-refractivity contribution is 5.85. The average Bonchev–Trinajstić information content (AvgIpc) is 2.61. The molecule has 1 fully saturated rings. The number of piperidine rings is 1. The Morgan fingerprint density at radius 2 is 1.81 bits per heavy atom. The van der Waals surface area contributed by atoms with Crippen LogP contribution in [-0.2, 0) is 16.0 Å².